The van der Waals surface area contributed by atoms with E-state index in [2.05, 4.69) is 11.4 Å². The summed E-state index contributed by atoms with van der Waals surface area (Å²) >= 11 is 0. The molecule has 4 nitrogen and oxygen atoms in total. The number of hydrogen-bond acceptors (Lipinski definition) is 3. The number of rotatable bonds is 3. The van der Waals surface area contributed by atoms with Crippen molar-refractivity contribution in [1.82, 2.24) is 0 Å². The molecule has 1 aliphatic heterocycles. The highest BCUT2D eigenvalue weighted by molar-refractivity contribution is 5.94. The number of carbonyl (C=O) groups excluding carboxylic acids is 1. The van der Waals surface area contributed by atoms with Crippen molar-refractivity contribution in [3.63, 3.8) is 0 Å². The third kappa shape index (κ3) is 2.88. The number of hydrogen-bond donors (Lipinski definition) is 1. The third-order valence-corrected chi connectivity index (χ3v) is 3.15. The van der Waals surface area contributed by atoms with E-state index in [1.807, 2.05) is 31.2 Å². The first kappa shape index (κ1) is 12.6. The van der Waals surface area contributed by atoms with Gasteiger partial charge in [0.25, 0.3) is 5.91 Å². The fourth-order valence-electron chi connectivity index (χ4n) is 2.04. The molecule has 1 heterocycles. The van der Waals surface area contributed by atoms with Gasteiger partial charge in [0.2, 0.25) is 0 Å². The lowest BCUT2D eigenvalue weighted by molar-refractivity contribution is -0.126. The van der Waals surface area contributed by atoms with Crippen LogP contribution in [0.25, 0.3) is 0 Å². The van der Waals surface area contributed by atoms with E-state index in [0.717, 1.165) is 17.7 Å². The molecule has 0 radical (unpaired) electrons. The Kier molecular flexibility index (Phi) is 3.96. The fourth-order valence-corrected chi connectivity index (χ4v) is 2.04. The van der Waals surface area contributed by atoms with E-state index in [9.17, 15) is 4.79 Å². The SMILES string of the molecule is CC1CCOC1C(=O)Nc1ccc(CC#N)cc1. The quantitative estimate of drug-likeness (QED) is 0.885. The molecule has 18 heavy (non-hydrogen) atoms. The second-order valence-electron chi connectivity index (χ2n) is 4.58. The maximum atomic E-state index is 11.9. The molecular weight excluding hydrogens is 228 g/mol. The second-order valence-corrected chi connectivity index (χ2v) is 4.58. The summed E-state index contributed by atoms with van der Waals surface area (Å²) < 4.78 is 5.41. The van der Waals surface area contributed by atoms with Crippen LogP contribution < -0.4 is 5.32 Å². The van der Waals surface area contributed by atoms with Crippen molar-refractivity contribution in [2.75, 3.05) is 11.9 Å². The molecule has 94 valence electrons. The van der Waals surface area contributed by atoms with Gasteiger partial charge in [-0.2, -0.15) is 5.26 Å². The zero-order chi connectivity index (χ0) is 13.0. The minimum Gasteiger partial charge on any atom is -0.368 e. The van der Waals surface area contributed by atoms with Gasteiger partial charge in [0.05, 0.1) is 12.5 Å². The van der Waals surface area contributed by atoms with Crippen LogP contribution in [0.3, 0.4) is 0 Å². The summed E-state index contributed by atoms with van der Waals surface area (Å²) in [6, 6.07) is 9.40. The van der Waals surface area contributed by atoms with Gasteiger partial charge in [0.15, 0.2) is 0 Å². The van der Waals surface area contributed by atoms with Crippen LogP contribution >= 0.6 is 0 Å². The lowest BCUT2D eigenvalue weighted by Crippen LogP contribution is -2.31. The Balaban J connectivity index is 1.97. The van der Waals surface area contributed by atoms with E-state index < -0.39 is 0 Å². The molecule has 0 aromatic heterocycles. The highest BCUT2D eigenvalue weighted by atomic mass is 16.5. The topological polar surface area (TPSA) is 62.1 Å². The van der Waals surface area contributed by atoms with Gasteiger partial charge in [-0.05, 0) is 30.0 Å². The van der Waals surface area contributed by atoms with Gasteiger partial charge in [-0.3, -0.25) is 4.79 Å². The molecule has 0 bridgehead atoms. The number of amides is 1. The normalized spacial score (nSPS) is 22.4. The van der Waals surface area contributed by atoms with Crippen LogP contribution in [-0.2, 0) is 16.0 Å². The zero-order valence-corrected chi connectivity index (χ0v) is 10.3. The number of anilines is 1. The van der Waals surface area contributed by atoms with Crippen LogP contribution in [0.1, 0.15) is 18.9 Å². The molecule has 4 heteroatoms. The van der Waals surface area contributed by atoms with Gasteiger partial charge in [-0.15, -0.1) is 0 Å². The predicted molar refractivity (Wildman–Crippen MR) is 67.9 cm³/mol. The molecule has 2 rings (SSSR count). The molecule has 1 amide bonds. The number of carbonyl (C=O) groups is 1. The maximum absolute atomic E-state index is 11.9. The molecule has 1 saturated heterocycles. The van der Waals surface area contributed by atoms with E-state index in [0.29, 0.717) is 13.0 Å². The minimum atomic E-state index is -0.344. The highest BCUT2D eigenvalue weighted by Gasteiger charge is 2.30. The van der Waals surface area contributed by atoms with E-state index in [-0.39, 0.29) is 17.9 Å². The molecule has 2 unspecified atom stereocenters. The van der Waals surface area contributed by atoms with Crippen LogP contribution in [0.2, 0.25) is 0 Å². The lowest BCUT2D eigenvalue weighted by atomic mass is 10.0. The molecule has 2 atom stereocenters. The van der Waals surface area contributed by atoms with Crippen molar-refractivity contribution in [1.29, 1.82) is 5.26 Å². The van der Waals surface area contributed by atoms with Crippen LogP contribution in [0.4, 0.5) is 5.69 Å². The molecule has 0 spiro atoms. The molecular formula is C14H16N2O2. The zero-order valence-electron chi connectivity index (χ0n) is 10.3. The largest absolute Gasteiger partial charge is 0.368 e. The first-order chi connectivity index (χ1) is 8.70. The Morgan fingerprint density at radius 1 is 1.50 bits per heavy atom. The third-order valence-electron chi connectivity index (χ3n) is 3.15. The predicted octanol–water partition coefficient (Wildman–Crippen LogP) is 2.12. The minimum absolute atomic E-state index is 0.0898. The Bertz CT molecular complexity index is 462. The van der Waals surface area contributed by atoms with E-state index in [4.69, 9.17) is 10.00 Å². The Morgan fingerprint density at radius 2 is 2.22 bits per heavy atom. The van der Waals surface area contributed by atoms with E-state index in [1.54, 1.807) is 0 Å². The monoisotopic (exact) mass is 244 g/mol. The lowest BCUT2D eigenvalue weighted by Gasteiger charge is -2.14. The summed E-state index contributed by atoms with van der Waals surface area (Å²) in [5.41, 5.74) is 1.69. The smallest absolute Gasteiger partial charge is 0.253 e. The van der Waals surface area contributed by atoms with Crippen LogP contribution in [-0.4, -0.2) is 18.6 Å². The van der Waals surface area contributed by atoms with Gasteiger partial charge in [0, 0.05) is 12.3 Å². The van der Waals surface area contributed by atoms with Gasteiger partial charge in [0.1, 0.15) is 6.10 Å². The van der Waals surface area contributed by atoms with Gasteiger partial charge in [-0.1, -0.05) is 19.1 Å². The van der Waals surface area contributed by atoms with E-state index >= 15 is 0 Å². The standard InChI is InChI=1S/C14H16N2O2/c1-10-7-9-18-13(10)14(17)16-12-4-2-11(3-5-12)6-8-15/h2-5,10,13H,6-7,9H2,1H3,(H,16,17). The number of nitriles is 1. The van der Waals surface area contributed by atoms with Crippen molar-refractivity contribution in [2.45, 2.75) is 25.9 Å². The van der Waals surface area contributed by atoms with Gasteiger partial charge < -0.3 is 10.1 Å². The summed E-state index contributed by atoms with van der Waals surface area (Å²) in [4.78, 5) is 11.9. The Hall–Kier alpha value is -1.86. The summed E-state index contributed by atoms with van der Waals surface area (Å²) in [5.74, 6) is 0.177. The summed E-state index contributed by atoms with van der Waals surface area (Å²) in [6.07, 6.45) is 0.972. The number of nitrogens with one attached hydrogen (secondary N) is 1. The average Bonchev–Trinajstić information content (AvgIpc) is 2.78. The average molecular weight is 244 g/mol. The molecule has 1 N–H and O–H groups in total. The number of benzene rings is 1. The number of nitrogens with zero attached hydrogens (tertiary/aromatic N) is 1. The molecule has 1 aliphatic rings. The molecule has 0 aliphatic carbocycles. The Morgan fingerprint density at radius 3 is 2.78 bits per heavy atom. The second kappa shape index (κ2) is 5.65. The van der Waals surface area contributed by atoms with Crippen molar-refractivity contribution >= 4 is 11.6 Å². The van der Waals surface area contributed by atoms with Crippen LogP contribution in [0.15, 0.2) is 24.3 Å². The first-order valence-electron chi connectivity index (χ1n) is 6.09. The molecule has 1 aromatic rings. The fraction of sp³-hybridized carbons (Fsp3) is 0.429. The summed E-state index contributed by atoms with van der Waals surface area (Å²) in [5, 5.41) is 11.4. The summed E-state index contributed by atoms with van der Waals surface area (Å²) in [6.45, 7) is 2.67. The highest BCUT2D eigenvalue weighted by Crippen LogP contribution is 2.21. The maximum Gasteiger partial charge on any atom is 0.253 e. The molecule has 0 saturated carbocycles. The molecule has 1 fully saturated rings. The van der Waals surface area contributed by atoms with Crippen molar-refractivity contribution < 1.29 is 9.53 Å². The first-order valence-corrected chi connectivity index (χ1v) is 6.09. The van der Waals surface area contributed by atoms with E-state index in [1.165, 1.54) is 0 Å². The Labute approximate surface area is 107 Å². The van der Waals surface area contributed by atoms with Crippen molar-refractivity contribution in [2.24, 2.45) is 5.92 Å². The number of ether oxygens (including phenoxy) is 1. The van der Waals surface area contributed by atoms with Gasteiger partial charge >= 0.3 is 0 Å². The van der Waals surface area contributed by atoms with Gasteiger partial charge in [-0.25, -0.2) is 0 Å². The summed E-state index contributed by atoms with van der Waals surface area (Å²) in [7, 11) is 0. The van der Waals surface area contributed by atoms with Crippen molar-refractivity contribution in [3.05, 3.63) is 29.8 Å². The van der Waals surface area contributed by atoms with Crippen LogP contribution in [0.5, 0.6) is 0 Å². The van der Waals surface area contributed by atoms with Crippen LogP contribution in [0, 0.1) is 17.2 Å². The van der Waals surface area contributed by atoms with Crippen molar-refractivity contribution in [3.8, 4) is 6.07 Å². The molecule has 1 aromatic carbocycles.